The summed E-state index contributed by atoms with van der Waals surface area (Å²) in [6, 6.07) is 0. The third kappa shape index (κ3) is 4.60. The lowest BCUT2D eigenvalue weighted by Crippen LogP contribution is -2.49. The van der Waals surface area contributed by atoms with Crippen molar-refractivity contribution in [1.82, 2.24) is 19.6 Å². The lowest BCUT2D eigenvalue weighted by molar-refractivity contribution is -0.0440. The molecule has 3 N–H and O–H groups in total. The molecular formula is C13H21N5O4S. The second kappa shape index (κ2) is 7.20. The van der Waals surface area contributed by atoms with E-state index in [-0.39, 0.29) is 36.0 Å². The van der Waals surface area contributed by atoms with E-state index in [1.54, 1.807) is 0 Å². The number of hydrogen-bond donors (Lipinski definition) is 2. The summed E-state index contributed by atoms with van der Waals surface area (Å²) in [7, 11) is -3.47. The maximum atomic E-state index is 12.3. The Bertz CT molecular complexity index is 656. The fraction of sp³-hybridized carbons (Fsp3) is 0.615. The van der Waals surface area contributed by atoms with E-state index < -0.39 is 15.9 Å². The highest BCUT2D eigenvalue weighted by Gasteiger charge is 2.30. The van der Waals surface area contributed by atoms with Gasteiger partial charge in [-0.3, -0.25) is 4.79 Å². The Hall–Kier alpha value is -1.78. The standard InChI is InChI=1S/C13H21N5O4S/c1-9-7-18(8-10(2)22-9)23(20,21)6-5-17-13(19)11-12(14)16-4-3-15-11/h3-4,9-10H,5-8H2,1-2H3,(H2,14,16)(H,17,19)/t9-,10+. The molecule has 0 spiro atoms. The van der Waals surface area contributed by atoms with Crippen LogP contribution in [0.25, 0.3) is 0 Å². The second-order valence-corrected chi connectivity index (χ2v) is 7.52. The van der Waals surface area contributed by atoms with Crippen LogP contribution >= 0.6 is 0 Å². The van der Waals surface area contributed by atoms with Crippen LogP contribution in [0.15, 0.2) is 12.4 Å². The van der Waals surface area contributed by atoms with Gasteiger partial charge in [-0.15, -0.1) is 0 Å². The number of nitrogen functional groups attached to an aromatic ring is 1. The lowest BCUT2D eigenvalue weighted by Gasteiger charge is -2.34. The molecule has 1 aromatic rings. The summed E-state index contributed by atoms with van der Waals surface area (Å²) in [6.45, 7) is 4.26. The number of ether oxygens (including phenoxy) is 1. The first-order valence-corrected chi connectivity index (χ1v) is 8.88. The zero-order valence-electron chi connectivity index (χ0n) is 13.1. The number of rotatable bonds is 5. The molecule has 2 atom stereocenters. The van der Waals surface area contributed by atoms with Gasteiger partial charge in [0, 0.05) is 32.0 Å². The van der Waals surface area contributed by atoms with Crippen molar-refractivity contribution in [3.8, 4) is 0 Å². The number of anilines is 1. The molecule has 0 bridgehead atoms. The van der Waals surface area contributed by atoms with Gasteiger partial charge in [0.05, 0.1) is 18.0 Å². The first kappa shape index (κ1) is 17.6. The van der Waals surface area contributed by atoms with E-state index in [1.165, 1.54) is 16.7 Å². The van der Waals surface area contributed by atoms with Crippen molar-refractivity contribution in [2.75, 3.05) is 31.1 Å². The van der Waals surface area contributed by atoms with Crippen LogP contribution < -0.4 is 11.1 Å². The van der Waals surface area contributed by atoms with Gasteiger partial charge in [-0.2, -0.15) is 4.31 Å². The summed E-state index contributed by atoms with van der Waals surface area (Å²) >= 11 is 0. The van der Waals surface area contributed by atoms with E-state index in [4.69, 9.17) is 10.5 Å². The van der Waals surface area contributed by atoms with Gasteiger partial charge in [-0.25, -0.2) is 18.4 Å². The van der Waals surface area contributed by atoms with Crippen LogP contribution in [0.1, 0.15) is 24.3 Å². The summed E-state index contributed by atoms with van der Waals surface area (Å²) in [5, 5.41) is 2.50. The average Bonchev–Trinajstić information content (AvgIpc) is 2.46. The van der Waals surface area contributed by atoms with E-state index in [0.29, 0.717) is 13.1 Å². The predicted molar refractivity (Wildman–Crippen MR) is 84.1 cm³/mol. The van der Waals surface area contributed by atoms with Crippen LogP contribution in [-0.4, -0.2) is 66.2 Å². The normalized spacial score (nSPS) is 22.7. The van der Waals surface area contributed by atoms with Crippen LogP contribution in [0.2, 0.25) is 0 Å². The van der Waals surface area contributed by atoms with Gasteiger partial charge >= 0.3 is 0 Å². The Balaban J connectivity index is 1.90. The molecule has 128 valence electrons. The summed E-state index contributed by atoms with van der Waals surface area (Å²) in [5.41, 5.74) is 5.54. The van der Waals surface area contributed by atoms with E-state index >= 15 is 0 Å². The summed E-state index contributed by atoms with van der Waals surface area (Å²) in [4.78, 5) is 19.5. The zero-order valence-corrected chi connectivity index (χ0v) is 13.9. The number of carbonyl (C=O) groups is 1. The second-order valence-electron chi connectivity index (χ2n) is 5.44. The number of amides is 1. The monoisotopic (exact) mass is 343 g/mol. The Kier molecular flexibility index (Phi) is 5.50. The lowest BCUT2D eigenvalue weighted by atomic mass is 10.3. The molecular weight excluding hydrogens is 322 g/mol. The molecule has 0 aromatic carbocycles. The van der Waals surface area contributed by atoms with Gasteiger partial charge in [0.25, 0.3) is 5.91 Å². The molecule has 10 heteroatoms. The first-order chi connectivity index (χ1) is 10.8. The van der Waals surface area contributed by atoms with Gasteiger partial charge in [0.1, 0.15) is 0 Å². The van der Waals surface area contributed by atoms with Crippen molar-refractivity contribution >= 4 is 21.7 Å². The van der Waals surface area contributed by atoms with Gasteiger partial charge < -0.3 is 15.8 Å². The maximum absolute atomic E-state index is 12.3. The quantitative estimate of drug-likeness (QED) is 0.718. The average molecular weight is 343 g/mol. The number of nitrogens with one attached hydrogen (secondary N) is 1. The minimum Gasteiger partial charge on any atom is -0.382 e. The van der Waals surface area contributed by atoms with Gasteiger partial charge in [0.2, 0.25) is 10.0 Å². The Labute approximate surface area is 135 Å². The van der Waals surface area contributed by atoms with E-state index in [1.807, 2.05) is 13.8 Å². The minimum absolute atomic E-state index is 0.00341. The van der Waals surface area contributed by atoms with Crippen LogP contribution in [0.3, 0.4) is 0 Å². The third-order valence-electron chi connectivity index (χ3n) is 3.37. The van der Waals surface area contributed by atoms with Crippen molar-refractivity contribution in [1.29, 1.82) is 0 Å². The third-order valence-corrected chi connectivity index (χ3v) is 5.17. The fourth-order valence-corrected chi connectivity index (χ4v) is 3.88. The van der Waals surface area contributed by atoms with Crippen molar-refractivity contribution in [3.05, 3.63) is 18.1 Å². The van der Waals surface area contributed by atoms with E-state index in [0.717, 1.165) is 0 Å². The van der Waals surface area contributed by atoms with Crippen LogP contribution in [0.5, 0.6) is 0 Å². The van der Waals surface area contributed by atoms with Crippen molar-refractivity contribution in [2.24, 2.45) is 0 Å². The van der Waals surface area contributed by atoms with Crippen molar-refractivity contribution in [3.63, 3.8) is 0 Å². The molecule has 0 saturated carbocycles. The molecule has 1 saturated heterocycles. The Morgan fingerprint density at radius 2 is 1.96 bits per heavy atom. The largest absolute Gasteiger partial charge is 0.382 e. The number of morpholine rings is 1. The topological polar surface area (TPSA) is 128 Å². The molecule has 0 aliphatic carbocycles. The molecule has 0 unspecified atom stereocenters. The molecule has 1 aromatic heterocycles. The van der Waals surface area contributed by atoms with Gasteiger partial charge in [-0.1, -0.05) is 0 Å². The number of sulfonamides is 1. The molecule has 23 heavy (non-hydrogen) atoms. The van der Waals surface area contributed by atoms with Crippen LogP contribution in [-0.2, 0) is 14.8 Å². The highest BCUT2D eigenvalue weighted by molar-refractivity contribution is 7.89. The summed E-state index contributed by atoms with van der Waals surface area (Å²) in [6.07, 6.45) is 2.42. The number of nitrogens with zero attached hydrogens (tertiary/aromatic N) is 3. The van der Waals surface area contributed by atoms with E-state index in [2.05, 4.69) is 15.3 Å². The fourth-order valence-electron chi connectivity index (χ4n) is 2.39. The molecule has 2 rings (SSSR count). The summed E-state index contributed by atoms with van der Waals surface area (Å²) in [5.74, 6) is -0.739. The zero-order chi connectivity index (χ0) is 17.0. The molecule has 1 amide bonds. The van der Waals surface area contributed by atoms with Crippen molar-refractivity contribution < 1.29 is 17.9 Å². The molecule has 0 radical (unpaired) electrons. The highest BCUT2D eigenvalue weighted by Crippen LogP contribution is 2.14. The smallest absolute Gasteiger partial charge is 0.273 e. The first-order valence-electron chi connectivity index (χ1n) is 7.27. The minimum atomic E-state index is -3.47. The van der Waals surface area contributed by atoms with Crippen LogP contribution in [0.4, 0.5) is 5.82 Å². The Morgan fingerprint density at radius 3 is 2.57 bits per heavy atom. The summed E-state index contributed by atoms with van der Waals surface area (Å²) < 4.78 is 31.6. The SMILES string of the molecule is C[C@@H]1CN(S(=O)(=O)CCNC(=O)c2nccnc2N)C[C@H](C)O1. The highest BCUT2D eigenvalue weighted by atomic mass is 32.2. The molecule has 9 nitrogen and oxygen atoms in total. The van der Waals surface area contributed by atoms with Gasteiger partial charge in [-0.05, 0) is 13.8 Å². The number of carbonyl (C=O) groups excluding carboxylic acids is 1. The number of nitrogens with two attached hydrogens (primary N) is 1. The molecule has 2 heterocycles. The predicted octanol–water partition coefficient (Wildman–Crippen LogP) is -0.772. The Morgan fingerprint density at radius 1 is 1.35 bits per heavy atom. The molecule has 1 fully saturated rings. The van der Waals surface area contributed by atoms with E-state index in [9.17, 15) is 13.2 Å². The number of aromatic nitrogens is 2. The van der Waals surface area contributed by atoms with Crippen molar-refractivity contribution in [2.45, 2.75) is 26.1 Å². The van der Waals surface area contributed by atoms with Gasteiger partial charge in [0.15, 0.2) is 11.5 Å². The van der Waals surface area contributed by atoms with Crippen LogP contribution in [0, 0.1) is 0 Å². The molecule has 1 aliphatic heterocycles. The molecule has 1 aliphatic rings. The maximum Gasteiger partial charge on any atom is 0.273 e. The number of hydrogen-bond acceptors (Lipinski definition) is 7.